The second-order valence-electron chi connectivity index (χ2n) is 3.87. The highest BCUT2D eigenvalue weighted by Gasteiger charge is 2.16. The number of hydrogen-bond donors (Lipinski definition) is 1. The van der Waals surface area contributed by atoms with E-state index >= 15 is 0 Å². The smallest absolute Gasteiger partial charge is 0.130 e. The lowest BCUT2D eigenvalue weighted by atomic mass is 9.94. The molecule has 84 valence electrons. The van der Waals surface area contributed by atoms with E-state index in [2.05, 4.69) is 0 Å². The first kappa shape index (κ1) is 12.0. The molecule has 0 aliphatic carbocycles. The molecule has 0 bridgehead atoms. The SMILES string of the molecule is COc1c(C)c(F)cc(C(C)CN)c1C. The van der Waals surface area contributed by atoms with Gasteiger partial charge in [-0.2, -0.15) is 0 Å². The van der Waals surface area contributed by atoms with E-state index in [9.17, 15) is 4.39 Å². The third kappa shape index (κ3) is 2.12. The molecule has 0 aliphatic heterocycles. The van der Waals surface area contributed by atoms with Crippen LogP contribution in [0, 0.1) is 19.7 Å². The summed E-state index contributed by atoms with van der Waals surface area (Å²) < 4.78 is 18.8. The number of methoxy groups -OCH3 is 1. The molecule has 15 heavy (non-hydrogen) atoms. The van der Waals surface area contributed by atoms with Gasteiger partial charge in [0.1, 0.15) is 11.6 Å². The molecular formula is C12H18FNO. The third-order valence-electron chi connectivity index (χ3n) is 2.84. The van der Waals surface area contributed by atoms with Gasteiger partial charge in [0.2, 0.25) is 0 Å². The van der Waals surface area contributed by atoms with Crippen molar-refractivity contribution in [2.24, 2.45) is 5.73 Å². The zero-order valence-electron chi connectivity index (χ0n) is 9.73. The Balaban J connectivity index is 3.36. The highest BCUT2D eigenvalue weighted by molar-refractivity contribution is 5.47. The highest BCUT2D eigenvalue weighted by Crippen LogP contribution is 2.31. The number of halogens is 1. The minimum absolute atomic E-state index is 0.147. The Labute approximate surface area is 90.2 Å². The zero-order valence-corrected chi connectivity index (χ0v) is 9.73. The molecule has 1 unspecified atom stereocenters. The van der Waals surface area contributed by atoms with Crippen LogP contribution in [0.2, 0.25) is 0 Å². The van der Waals surface area contributed by atoms with E-state index in [1.165, 1.54) is 0 Å². The minimum atomic E-state index is -0.229. The summed E-state index contributed by atoms with van der Waals surface area (Å²) in [6.45, 7) is 6.15. The Morgan fingerprint density at radius 3 is 2.47 bits per heavy atom. The summed E-state index contributed by atoms with van der Waals surface area (Å²) in [5.74, 6) is 0.548. The predicted molar refractivity (Wildman–Crippen MR) is 59.9 cm³/mol. The summed E-state index contributed by atoms with van der Waals surface area (Å²) in [5, 5.41) is 0. The van der Waals surface area contributed by atoms with Gasteiger partial charge in [-0.3, -0.25) is 0 Å². The van der Waals surface area contributed by atoms with Crippen LogP contribution in [0.3, 0.4) is 0 Å². The van der Waals surface area contributed by atoms with Crippen molar-refractivity contribution in [3.8, 4) is 5.75 Å². The van der Waals surface area contributed by atoms with Crippen molar-refractivity contribution in [1.82, 2.24) is 0 Å². The maximum absolute atomic E-state index is 13.6. The molecule has 1 rings (SSSR count). The van der Waals surface area contributed by atoms with E-state index in [0.717, 1.165) is 11.1 Å². The molecule has 1 atom stereocenters. The Morgan fingerprint density at radius 1 is 1.40 bits per heavy atom. The van der Waals surface area contributed by atoms with Crippen molar-refractivity contribution in [3.63, 3.8) is 0 Å². The van der Waals surface area contributed by atoms with Crippen LogP contribution in [-0.4, -0.2) is 13.7 Å². The van der Waals surface area contributed by atoms with Crippen molar-refractivity contribution in [1.29, 1.82) is 0 Å². The topological polar surface area (TPSA) is 35.2 Å². The molecule has 0 heterocycles. The lowest BCUT2D eigenvalue weighted by Gasteiger charge is -2.17. The van der Waals surface area contributed by atoms with E-state index < -0.39 is 0 Å². The molecule has 0 aliphatic rings. The Kier molecular flexibility index (Phi) is 3.69. The van der Waals surface area contributed by atoms with Gasteiger partial charge in [-0.05, 0) is 43.5 Å². The summed E-state index contributed by atoms with van der Waals surface area (Å²) >= 11 is 0. The van der Waals surface area contributed by atoms with Gasteiger partial charge in [-0.15, -0.1) is 0 Å². The first-order valence-electron chi connectivity index (χ1n) is 5.06. The summed E-state index contributed by atoms with van der Waals surface area (Å²) in [6.07, 6.45) is 0. The maximum atomic E-state index is 13.6. The van der Waals surface area contributed by atoms with Crippen molar-refractivity contribution in [2.45, 2.75) is 26.7 Å². The molecule has 0 aromatic heterocycles. The van der Waals surface area contributed by atoms with Gasteiger partial charge in [0.25, 0.3) is 0 Å². The van der Waals surface area contributed by atoms with Gasteiger partial charge < -0.3 is 10.5 Å². The lowest BCUT2D eigenvalue weighted by molar-refractivity contribution is 0.402. The van der Waals surface area contributed by atoms with Gasteiger partial charge in [-0.25, -0.2) is 4.39 Å². The second-order valence-corrected chi connectivity index (χ2v) is 3.87. The number of ether oxygens (including phenoxy) is 1. The van der Waals surface area contributed by atoms with Gasteiger partial charge >= 0.3 is 0 Å². The summed E-state index contributed by atoms with van der Waals surface area (Å²) in [7, 11) is 1.56. The first-order valence-corrected chi connectivity index (χ1v) is 5.06. The van der Waals surface area contributed by atoms with E-state index in [4.69, 9.17) is 10.5 Å². The Bertz CT molecular complexity index is 363. The van der Waals surface area contributed by atoms with Crippen molar-refractivity contribution >= 4 is 0 Å². The van der Waals surface area contributed by atoms with Crippen LogP contribution in [-0.2, 0) is 0 Å². The van der Waals surface area contributed by atoms with E-state index in [1.54, 1.807) is 20.1 Å². The Hall–Kier alpha value is -1.09. The fraction of sp³-hybridized carbons (Fsp3) is 0.500. The largest absolute Gasteiger partial charge is 0.496 e. The lowest BCUT2D eigenvalue weighted by Crippen LogP contribution is -2.11. The minimum Gasteiger partial charge on any atom is -0.496 e. The van der Waals surface area contributed by atoms with Crippen LogP contribution in [0.4, 0.5) is 4.39 Å². The van der Waals surface area contributed by atoms with Gasteiger partial charge in [0, 0.05) is 5.56 Å². The van der Waals surface area contributed by atoms with Gasteiger partial charge in [-0.1, -0.05) is 6.92 Å². The summed E-state index contributed by atoms with van der Waals surface area (Å²) in [6, 6.07) is 1.56. The number of rotatable bonds is 3. The molecule has 3 heteroatoms. The molecule has 1 aromatic rings. The highest BCUT2D eigenvalue weighted by atomic mass is 19.1. The van der Waals surface area contributed by atoms with Crippen LogP contribution in [0.5, 0.6) is 5.75 Å². The van der Waals surface area contributed by atoms with Gasteiger partial charge in [0.05, 0.1) is 7.11 Å². The van der Waals surface area contributed by atoms with Crippen LogP contribution in [0.15, 0.2) is 6.07 Å². The predicted octanol–water partition coefficient (Wildman–Crippen LogP) is 2.51. The molecular weight excluding hydrogens is 193 g/mol. The van der Waals surface area contributed by atoms with E-state index in [-0.39, 0.29) is 11.7 Å². The van der Waals surface area contributed by atoms with Crippen molar-refractivity contribution in [3.05, 3.63) is 28.6 Å². The monoisotopic (exact) mass is 211 g/mol. The number of hydrogen-bond acceptors (Lipinski definition) is 2. The fourth-order valence-electron chi connectivity index (χ4n) is 1.82. The fourth-order valence-corrected chi connectivity index (χ4v) is 1.82. The molecule has 0 fully saturated rings. The molecule has 2 N–H and O–H groups in total. The molecule has 0 spiro atoms. The number of nitrogens with two attached hydrogens (primary N) is 1. The Morgan fingerprint density at radius 2 is 2.00 bits per heavy atom. The molecule has 0 amide bonds. The van der Waals surface area contributed by atoms with Crippen LogP contribution >= 0.6 is 0 Å². The van der Waals surface area contributed by atoms with Gasteiger partial charge in [0.15, 0.2) is 0 Å². The summed E-state index contributed by atoms with van der Waals surface area (Å²) in [5.41, 5.74) is 8.06. The molecule has 0 radical (unpaired) electrons. The maximum Gasteiger partial charge on any atom is 0.130 e. The first-order chi connectivity index (χ1) is 7.02. The summed E-state index contributed by atoms with van der Waals surface area (Å²) in [4.78, 5) is 0. The molecule has 0 saturated heterocycles. The standard InChI is InChI=1S/C12H18FNO/c1-7(6-14)10-5-11(13)9(3)12(15-4)8(10)2/h5,7H,6,14H2,1-4H3. The average Bonchev–Trinajstić information content (AvgIpc) is 2.23. The van der Waals surface area contributed by atoms with Crippen LogP contribution in [0.25, 0.3) is 0 Å². The normalized spacial score (nSPS) is 12.7. The van der Waals surface area contributed by atoms with Crippen molar-refractivity contribution < 1.29 is 9.13 Å². The molecule has 2 nitrogen and oxygen atoms in total. The zero-order chi connectivity index (χ0) is 11.6. The molecule has 1 aromatic carbocycles. The average molecular weight is 211 g/mol. The van der Waals surface area contributed by atoms with Crippen LogP contribution < -0.4 is 10.5 Å². The second kappa shape index (κ2) is 4.62. The quantitative estimate of drug-likeness (QED) is 0.833. The van der Waals surface area contributed by atoms with Crippen LogP contribution in [0.1, 0.15) is 29.5 Å². The van der Waals surface area contributed by atoms with E-state index in [0.29, 0.717) is 17.9 Å². The van der Waals surface area contributed by atoms with Crippen molar-refractivity contribution in [2.75, 3.05) is 13.7 Å². The number of benzene rings is 1. The third-order valence-corrected chi connectivity index (χ3v) is 2.84. The molecule has 0 saturated carbocycles. The van der Waals surface area contributed by atoms with E-state index in [1.807, 2.05) is 13.8 Å².